The van der Waals surface area contributed by atoms with Gasteiger partial charge in [-0.3, -0.25) is 9.78 Å². The number of aromatic nitrogens is 1. The van der Waals surface area contributed by atoms with Crippen LogP contribution in [0.1, 0.15) is 36.7 Å². The van der Waals surface area contributed by atoms with Gasteiger partial charge in [-0.1, -0.05) is 19.1 Å². The Balaban J connectivity index is 2.68. The number of rotatable bonds is 7. The summed E-state index contributed by atoms with van der Waals surface area (Å²) >= 11 is 5.06. The fourth-order valence-electron chi connectivity index (χ4n) is 1.94. The van der Waals surface area contributed by atoms with Crippen molar-refractivity contribution in [2.24, 2.45) is 5.73 Å². The van der Waals surface area contributed by atoms with E-state index in [4.69, 9.17) is 18.0 Å². The summed E-state index contributed by atoms with van der Waals surface area (Å²) in [5.74, 6) is 0.0405. The second kappa shape index (κ2) is 7.79. The zero-order valence-electron chi connectivity index (χ0n) is 12.2. The Kier molecular flexibility index (Phi) is 6.38. The average Bonchev–Trinajstić information content (AvgIpc) is 2.34. The van der Waals surface area contributed by atoms with E-state index in [9.17, 15) is 4.79 Å². The van der Waals surface area contributed by atoms with Gasteiger partial charge in [0.25, 0.3) is 0 Å². The molecule has 0 atom stereocenters. The molecule has 0 saturated heterocycles. The molecule has 0 aliphatic carbocycles. The lowest BCUT2D eigenvalue weighted by Gasteiger charge is -2.14. The average molecular weight is 294 g/mol. The molecule has 20 heavy (non-hydrogen) atoms. The van der Waals surface area contributed by atoms with Crippen molar-refractivity contribution in [1.82, 2.24) is 10.3 Å². The number of nitrogens with one attached hydrogen (secondary N) is 2. The number of carbonyl (C=O) groups is 1. The highest BCUT2D eigenvalue weighted by Gasteiger charge is 2.11. The number of pyridine rings is 1. The van der Waals surface area contributed by atoms with Crippen LogP contribution in [-0.2, 0) is 4.79 Å². The normalized spacial score (nSPS) is 10.2. The van der Waals surface area contributed by atoms with Crippen LogP contribution < -0.4 is 16.4 Å². The number of carbonyl (C=O) groups excluding carboxylic acids is 1. The topological polar surface area (TPSA) is 80.0 Å². The number of nitrogens with zero attached hydrogens (tertiary/aromatic N) is 1. The summed E-state index contributed by atoms with van der Waals surface area (Å²) in [6.45, 7) is 7.06. The second-order valence-electron chi connectivity index (χ2n) is 4.66. The van der Waals surface area contributed by atoms with Gasteiger partial charge in [-0.05, 0) is 26.3 Å². The molecule has 0 spiro atoms. The van der Waals surface area contributed by atoms with Crippen LogP contribution >= 0.6 is 12.2 Å². The van der Waals surface area contributed by atoms with Crippen LogP contribution in [0, 0.1) is 13.8 Å². The first-order chi connectivity index (χ1) is 9.45. The lowest BCUT2D eigenvalue weighted by atomic mass is 10.1. The van der Waals surface area contributed by atoms with E-state index in [1.54, 1.807) is 0 Å². The summed E-state index contributed by atoms with van der Waals surface area (Å²) < 4.78 is 0. The maximum Gasteiger partial charge on any atom is 0.221 e. The van der Waals surface area contributed by atoms with Crippen molar-refractivity contribution in [3.63, 3.8) is 0 Å². The standard InChI is InChI=1S/C14H22N4OS/c1-4-6-17-12(19)5-7-16-11-8-9(2)18-10(3)13(11)14(15)20/h8H,4-7H2,1-3H3,(H2,15,20)(H,16,18)(H,17,19). The summed E-state index contributed by atoms with van der Waals surface area (Å²) in [6, 6.07) is 1.89. The van der Waals surface area contributed by atoms with Crippen molar-refractivity contribution in [3.8, 4) is 0 Å². The van der Waals surface area contributed by atoms with E-state index in [1.165, 1.54) is 0 Å². The lowest BCUT2D eigenvalue weighted by molar-refractivity contribution is -0.120. The largest absolute Gasteiger partial charge is 0.389 e. The first-order valence-electron chi connectivity index (χ1n) is 6.74. The smallest absolute Gasteiger partial charge is 0.221 e. The highest BCUT2D eigenvalue weighted by molar-refractivity contribution is 7.80. The molecular formula is C14H22N4OS. The molecule has 1 amide bonds. The van der Waals surface area contributed by atoms with Gasteiger partial charge in [0, 0.05) is 36.6 Å². The Morgan fingerprint density at radius 2 is 2.10 bits per heavy atom. The van der Waals surface area contributed by atoms with Crippen molar-refractivity contribution in [2.45, 2.75) is 33.6 Å². The van der Waals surface area contributed by atoms with E-state index >= 15 is 0 Å². The van der Waals surface area contributed by atoms with Crippen LogP contribution in [0.4, 0.5) is 5.69 Å². The van der Waals surface area contributed by atoms with E-state index in [1.807, 2.05) is 26.8 Å². The molecule has 1 rings (SSSR count). The van der Waals surface area contributed by atoms with E-state index in [0.29, 0.717) is 24.5 Å². The molecule has 0 bridgehead atoms. The van der Waals surface area contributed by atoms with Gasteiger partial charge in [0.15, 0.2) is 0 Å². The quantitative estimate of drug-likeness (QED) is 0.667. The fourth-order valence-corrected chi connectivity index (χ4v) is 2.20. The minimum atomic E-state index is 0.0405. The first kappa shape index (κ1) is 16.4. The molecular weight excluding hydrogens is 272 g/mol. The molecule has 4 N–H and O–H groups in total. The van der Waals surface area contributed by atoms with Gasteiger partial charge < -0.3 is 16.4 Å². The Bertz CT molecular complexity index is 502. The molecule has 1 aromatic rings. The molecule has 0 aliphatic heterocycles. The fraction of sp³-hybridized carbons (Fsp3) is 0.500. The highest BCUT2D eigenvalue weighted by atomic mass is 32.1. The molecule has 0 aromatic carbocycles. The molecule has 1 heterocycles. The maximum atomic E-state index is 11.5. The number of hydrogen-bond donors (Lipinski definition) is 3. The molecule has 0 aliphatic rings. The third-order valence-corrected chi connectivity index (χ3v) is 3.02. The first-order valence-corrected chi connectivity index (χ1v) is 7.15. The monoisotopic (exact) mass is 294 g/mol. The third-order valence-electron chi connectivity index (χ3n) is 2.81. The minimum Gasteiger partial charge on any atom is -0.389 e. The van der Waals surface area contributed by atoms with E-state index < -0.39 is 0 Å². The van der Waals surface area contributed by atoms with Gasteiger partial charge in [0.05, 0.1) is 5.56 Å². The molecule has 1 aromatic heterocycles. The van der Waals surface area contributed by atoms with Crippen LogP contribution in [-0.4, -0.2) is 29.0 Å². The van der Waals surface area contributed by atoms with Crippen molar-refractivity contribution >= 4 is 28.8 Å². The van der Waals surface area contributed by atoms with Gasteiger partial charge in [-0.25, -0.2) is 0 Å². The Hall–Kier alpha value is -1.69. The summed E-state index contributed by atoms with van der Waals surface area (Å²) in [7, 11) is 0. The van der Waals surface area contributed by atoms with Gasteiger partial charge >= 0.3 is 0 Å². The van der Waals surface area contributed by atoms with E-state index in [0.717, 1.165) is 29.1 Å². The molecule has 0 radical (unpaired) electrons. The molecule has 0 unspecified atom stereocenters. The van der Waals surface area contributed by atoms with Crippen LogP contribution in [0.15, 0.2) is 6.07 Å². The van der Waals surface area contributed by atoms with Gasteiger partial charge in [-0.2, -0.15) is 0 Å². The van der Waals surface area contributed by atoms with Crippen LogP contribution in [0.2, 0.25) is 0 Å². The van der Waals surface area contributed by atoms with Crippen LogP contribution in [0.5, 0.6) is 0 Å². The van der Waals surface area contributed by atoms with E-state index in [2.05, 4.69) is 15.6 Å². The van der Waals surface area contributed by atoms with Gasteiger partial charge in [0.2, 0.25) is 5.91 Å². The van der Waals surface area contributed by atoms with Crippen molar-refractivity contribution in [3.05, 3.63) is 23.0 Å². The van der Waals surface area contributed by atoms with Crippen molar-refractivity contribution in [1.29, 1.82) is 0 Å². The van der Waals surface area contributed by atoms with Crippen molar-refractivity contribution in [2.75, 3.05) is 18.4 Å². The third kappa shape index (κ3) is 4.77. The number of amides is 1. The highest BCUT2D eigenvalue weighted by Crippen LogP contribution is 2.19. The molecule has 0 fully saturated rings. The Morgan fingerprint density at radius 3 is 2.70 bits per heavy atom. The van der Waals surface area contributed by atoms with Crippen LogP contribution in [0.3, 0.4) is 0 Å². The van der Waals surface area contributed by atoms with Gasteiger partial charge in [-0.15, -0.1) is 0 Å². The predicted molar refractivity (Wildman–Crippen MR) is 86.0 cm³/mol. The molecule has 0 saturated carbocycles. The van der Waals surface area contributed by atoms with Crippen molar-refractivity contribution < 1.29 is 4.79 Å². The Labute approximate surface area is 125 Å². The summed E-state index contributed by atoms with van der Waals surface area (Å²) in [6.07, 6.45) is 1.35. The summed E-state index contributed by atoms with van der Waals surface area (Å²) in [5.41, 5.74) is 9.01. The van der Waals surface area contributed by atoms with Gasteiger partial charge in [0.1, 0.15) is 4.99 Å². The molecule has 110 valence electrons. The molecule has 5 nitrogen and oxygen atoms in total. The number of aryl methyl sites for hydroxylation is 2. The molecule has 6 heteroatoms. The number of hydrogen-bond acceptors (Lipinski definition) is 4. The summed E-state index contributed by atoms with van der Waals surface area (Å²) in [5, 5.41) is 6.05. The zero-order chi connectivity index (χ0) is 15.1. The second-order valence-corrected chi connectivity index (χ2v) is 5.10. The van der Waals surface area contributed by atoms with Crippen LogP contribution in [0.25, 0.3) is 0 Å². The lowest BCUT2D eigenvalue weighted by Crippen LogP contribution is -2.26. The number of anilines is 1. The maximum absolute atomic E-state index is 11.5. The summed E-state index contributed by atoms with van der Waals surface area (Å²) in [4.78, 5) is 16.2. The zero-order valence-corrected chi connectivity index (χ0v) is 13.1. The predicted octanol–water partition coefficient (Wildman–Crippen LogP) is 1.66. The minimum absolute atomic E-state index is 0.0405. The van der Waals surface area contributed by atoms with E-state index in [-0.39, 0.29) is 5.91 Å². The number of thiocarbonyl (C=S) groups is 1. The SMILES string of the molecule is CCCNC(=O)CCNc1cc(C)nc(C)c1C(N)=S. The number of nitrogens with two attached hydrogens (primary N) is 1. The Morgan fingerprint density at radius 1 is 1.40 bits per heavy atom.